The monoisotopic (exact) mass is 310 g/mol. The summed E-state index contributed by atoms with van der Waals surface area (Å²) in [5, 5.41) is -0.0757. The maximum Gasteiger partial charge on any atom is 0.165 e. The van der Waals surface area contributed by atoms with Gasteiger partial charge in [-0.25, -0.2) is 4.39 Å². The first kappa shape index (κ1) is 15.1. The van der Waals surface area contributed by atoms with E-state index in [1.54, 1.807) is 12.1 Å². The van der Waals surface area contributed by atoms with Crippen molar-refractivity contribution in [2.24, 2.45) is 17.8 Å². The molecule has 2 aliphatic rings. The Labute approximate surface area is 131 Å². The number of rotatable bonds is 3. The van der Waals surface area contributed by atoms with E-state index < -0.39 is 0 Å². The average Bonchev–Trinajstić information content (AvgIpc) is 2.53. The lowest BCUT2D eigenvalue weighted by Gasteiger charge is -2.40. The van der Waals surface area contributed by atoms with Crippen LogP contribution in [0.1, 0.15) is 55.9 Å². The van der Waals surface area contributed by atoms with E-state index in [4.69, 9.17) is 16.3 Å². The number of hydrogen-bond donors (Lipinski definition) is 0. The highest BCUT2D eigenvalue weighted by molar-refractivity contribution is 6.21. The molecule has 0 saturated heterocycles. The van der Waals surface area contributed by atoms with E-state index in [-0.39, 0.29) is 11.2 Å². The van der Waals surface area contributed by atoms with E-state index in [9.17, 15) is 4.39 Å². The van der Waals surface area contributed by atoms with Crippen molar-refractivity contribution >= 4 is 11.6 Å². The second-order valence-corrected chi connectivity index (χ2v) is 7.14. The van der Waals surface area contributed by atoms with Crippen LogP contribution in [0.5, 0.6) is 5.75 Å². The van der Waals surface area contributed by atoms with Crippen molar-refractivity contribution in [3.63, 3.8) is 0 Å². The Morgan fingerprint density at radius 1 is 1.14 bits per heavy atom. The maximum atomic E-state index is 13.9. The van der Waals surface area contributed by atoms with Crippen LogP contribution in [0.25, 0.3) is 0 Å². The Morgan fingerprint density at radius 3 is 2.62 bits per heavy atom. The summed E-state index contributed by atoms with van der Waals surface area (Å²) in [5.74, 6) is 2.23. The van der Waals surface area contributed by atoms with Crippen LogP contribution in [-0.4, -0.2) is 7.11 Å². The minimum Gasteiger partial charge on any atom is -0.494 e. The number of alkyl halides is 1. The second-order valence-electron chi connectivity index (χ2n) is 6.67. The number of fused-ring (bicyclic) bond motifs is 1. The molecule has 2 aliphatic carbocycles. The quantitative estimate of drug-likeness (QED) is 0.649. The van der Waals surface area contributed by atoms with Gasteiger partial charge in [-0.3, -0.25) is 0 Å². The van der Waals surface area contributed by atoms with E-state index in [0.717, 1.165) is 17.4 Å². The molecule has 1 aromatic rings. The zero-order valence-corrected chi connectivity index (χ0v) is 13.4. The van der Waals surface area contributed by atoms with Crippen LogP contribution in [0, 0.1) is 23.6 Å². The van der Waals surface area contributed by atoms with Crippen LogP contribution in [0.4, 0.5) is 4.39 Å². The fourth-order valence-corrected chi connectivity index (χ4v) is 4.67. The van der Waals surface area contributed by atoms with E-state index in [2.05, 4.69) is 0 Å². The molecule has 21 heavy (non-hydrogen) atoms. The van der Waals surface area contributed by atoms with Gasteiger partial charge in [0.2, 0.25) is 0 Å². The first-order chi connectivity index (χ1) is 10.2. The zero-order valence-electron chi connectivity index (χ0n) is 12.7. The summed E-state index contributed by atoms with van der Waals surface area (Å²) in [4.78, 5) is 0. The molecule has 0 aromatic heterocycles. The molecular weight excluding hydrogens is 287 g/mol. The van der Waals surface area contributed by atoms with Gasteiger partial charge in [-0.1, -0.05) is 31.7 Å². The molecule has 4 atom stereocenters. The van der Waals surface area contributed by atoms with Gasteiger partial charge in [0.1, 0.15) is 0 Å². The van der Waals surface area contributed by atoms with E-state index in [0.29, 0.717) is 11.7 Å². The molecule has 2 saturated carbocycles. The Hall–Kier alpha value is -0.760. The standard InChI is InChI=1S/C18H24ClFO/c1-21-17-9-8-15(11-16(17)20)18(19)14-7-6-12-4-2-3-5-13(12)10-14/h8-9,11-14,18H,2-7,10H2,1H3. The zero-order chi connectivity index (χ0) is 14.8. The predicted molar refractivity (Wildman–Crippen MR) is 84.3 cm³/mol. The van der Waals surface area contributed by atoms with Crippen molar-refractivity contribution in [3.8, 4) is 5.75 Å². The van der Waals surface area contributed by atoms with Crippen LogP contribution < -0.4 is 4.74 Å². The minimum atomic E-state index is -0.313. The van der Waals surface area contributed by atoms with Gasteiger partial charge in [0.15, 0.2) is 11.6 Å². The fourth-order valence-electron chi connectivity index (χ4n) is 4.30. The molecule has 0 N–H and O–H groups in total. The van der Waals surface area contributed by atoms with Crippen LogP contribution >= 0.6 is 11.6 Å². The molecule has 0 spiro atoms. The Kier molecular flexibility index (Phi) is 4.73. The van der Waals surface area contributed by atoms with Crippen molar-refractivity contribution < 1.29 is 9.13 Å². The van der Waals surface area contributed by atoms with Crippen molar-refractivity contribution in [3.05, 3.63) is 29.6 Å². The molecular formula is C18H24ClFO. The summed E-state index contributed by atoms with van der Waals surface area (Å²) in [5.41, 5.74) is 0.897. The van der Waals surface area contributed by atoms with E-state index in [1.165, 1.54) is 52.1 Å². The maximum absolute atomic E-state index is 13.9. The number of benzene rings is 1. The van der Waals surface area contributed by atoms with Crippen LogP contribution in [0.2, 0.25) is 0 Å². The normalized spacial score (nSPS) is 30.5. The first-order valence-electron chi connectivity index (χ1n) is 8.16. The molecule has 0 bridgehead atoms. The molecule has 3 rings (SSSR count). The van der Waals surface area contributed by atoms with Gasteiger partial charge >= 0.3 is 0 Å². The number of methoxy groups -OCH3 is 1. The Balaban J connectivity index is 1.70. The third kappa shape index (κ3) is 3.21. The molecule has 0 radical (unpaired) electrons. The molecule has 0 heterocycles. The van der Waals surface area contributed by atoms with Gasteiger partial charge < -0.3 is 4.74 Å². The highest BCUT2D eigenvalue weighted by Crippen LogP contribution is 2.48. The predicted octanol–water partition coefficient (Wildman–Crippen LogP) is 5.72. The lowest BCUT2D eigenvalue weighted by molar-refractivity contribution is 0.127. The van der Waals surface area contributed by atoms with E-state index in [1.807, 2.05) is 6.07 Å². The van der Waals surface area contributed by atoms with Crippen LogP contribution in [0.15, 0.2) is 18.2 Å². The van der Waals surface area contributed by atoms with E-state index >= 15 is 0 Å². The van der Waals surface area contributed by atoms with Crippen molar-refractivity contribution in [2.75, 3.05) is 7.11 Å². The topological polar surface area (TPSA) is 9.23 Å². The molecule has 1 nitrogen and oxygen atoms in total. The van der Waals surface area contributed by atoms with Crippen LogP contribution in [0.3, 0.4) is 0 Å². The van der Waals surface area contributed by atoms with Gasteiger partial charge in [-0.05, 0) is 54.7 Å². The third-order valence-electron chi connectivity index (χ3n) is 5.49. The van der Waals surface area contributed by atoms with Crippen molar-refractivity contribution in [2.45, 2.75) is 50.3 Å². The first-order valence-corrected chi connectivity index (χ1v) is 8.60. The van der Waals surface area contributed by atoms with Gasteiger partial charge in [-0.2, -0.15) is 0 Å². The summed E-state index contributed by atoms with van der Waals surface area (Å²) >= 11 is 6.68. The lowest BCUT2D eigenvalue weighted by Crippen LogP contribution is -2.29. The number of halogens is 2. The fraction of sp³-hybridized carbons (Fsp3) is 0.667. The molecule has 1 aromatic carbocycles. The molecule has 0 aliphatic heterocycles. The second kappa shape index (κ2) is 6.56. The third-order valence-corrected chi connectivity index (χ3v) is 6.10. The summed E-state index contributed by atoms with van der Waals surface area (Å²) < 4.78 is 18.8. The summed E-state index contributed by atoms with van der Waals surface area (Å²) in [6.45, 7) is 0. The highest BCUT2D eigenvalue weighted by Gasteiger charge is 2.35. The summed E-state index contributed by atoms with van der Waals surface area (Å²) in [7, 11) is 1.49. The highest BCUT2D eigenvalue weighted by atomic mass is 35.5. The molecule has 4 unspecified atom stereocenters. The average molecular weight is 311 g/mol. The van der Waals surface area contributed by atoms with Gasteiger partial charge in [0, 0.05) is 0 Å². The van der Waals surface area contributed by atoms with Crippen molar-refractivity contribution in [1.82, 2.24) is 0 Å². The molecule has 0 amide bonds. The van der Waals surface area contributed by atoms with Gasteiger partial charge in [0.05, 0.1) is 12.5 Å². The SMILES string of the molecule is COc1ccc(C(Cl)C2CCC3CCCCC3C2)cc1F. The number of ether oxygens (including phenoxy) is 1. The van der Waals surface area contributed by atoms with Gasteiger partial charge in [0.25, 0.3) is 0 Å². The summed E-state index contributed by atoms with van der Waals surface area (Å²) in [6.07, 6.45) is 9.24. The number of hydrogen-bond acceptors (Lipinski definition) is 1. The lowest BCUT2D eigenvalue weighted by atomic mass is 9.66. The largest absolute Gasteiger partial charge is 0.494 e. The summed E-state index contributed by atoms with van der Waals surface area (Å²) in [6, 6.07) is 5.14. The Morgan fingerprint density at radius 2 is 1.90 bits per heavy atom. The molecule has 116 valence electrons. The smallest absolute Gasteiger partial charge is 0.165 e. The molecule has 2 fully saturated rings. The van der Waals surface area contributed by atoms with Crippen LogP contribution in [-0.2, 0) is 0 Å². The van der Waals surface area contributed by atoms with Crippen molar-refractivity contribution in [1.29, 1.82) is 0 Å². The minimum absolute atomic E-state index is 0.0757. The Bertz CT molecular complexity index is 490. The molecule has 3 heteroatoms. The van der Waals surface area contributed by atoms with Gasteiger partial charge in [-0.15, -0.1) is 11.6 Å².